The lowest BCUT2D eigenvalue weighted by Crippen LogP contribution is -2.28. The molecule has 5 heteroatoms. The van der Waals surface area contributed by atoms with Crippen LogP contribution < -0.4 is 11.3 Å². The van der Waals surface area contributed by atoms with Crippen LogP contribution in [0.4, 0.5) is 0 Å². The first kappa shape index (κ1) is 8.86. The Balaban J connectivity index is 2.31. The second-order valence-corrected chi connectivity index (χ2v) is 2.79. The number of hydrogen-bond acceptors (Lipinski definition) is 5. The summed E-state index contributed by atoms with van der Waals surface area (Å²) >= 11 is 0. The molecular formula is C9H10N4O. The van der Waals surface area contributed by atoms with Gasteiger partial charge in [-0.25, -0.2) is 5.43 Å². The molecule has 1 unspecified atom stereocenters. The lowest BCUT2D eigenvalue weighted by molar-refractivity contribution is 0.451. The van der Waals surface area contributed by atoms with Crippen molar-refractivity contribution in [2.24, 2.45) is 5.84 Å². The smallest absolute Gasteiger partial charge is 0.126 e. The van der Waals surface area contributed by atoms with Gasteiger partial charge in [-0.1, -0.05) is 0 Å². The van der Waals surface area contributed by atoms with Crippen molar-refractivity contribution in [1.82, 2.24) is 15.6 Å². The number of hydrogen-bond donors (Lipinski definition) is 2. The van der Waals surface area contributed by atoms with Crippen molar-refractivity contribution in [3.05, 3.63) is 48.2 Å². The number of hydrazine groups is 1. The van der Waals surface area contributed by atoms with Crippen molar-refractivity contribution >= 4 is 0 Å². The molecule has 72 valence electrons. The van der Waals surface area contributed by atoms with Gasteiger partial charge in [-0.05, 0) is 23.8 Å². The molecule has 0 amide bonds. The Hall–Kier alpha value is -1.72. The Kier molecular flexibility index (Phi) is 2.53. The molecule has 3 N–H and O–H groups in total. The van der Waals surface area contributed by atoms with E-state index < -0.39 is 0 Å². The topological polar surface area (TPSA) is 77.0 Å². The fourth-order valence-electron chi connectivity index (χ4n) is 1.27. The molecule has 0 aromatic carbocycles. The predicted octanol–water partition coefficient (Wildman–Crippen LogP) is 0.622. The standard InChI is InChI=1S/C9H10N4O/c10-13-9(8-2-1-5-14-8)7-3-4-11-12-6-7/h1-6,9,13H,10H2. The van der Waals surface area contributed by atoms with E-state index >= 15 is 0 Å². The number of nitrogens with two attached hydrogens (primary N) is 1. The first-order chi connectivity index (χ1) is 6.92. The van der Waals surface area contributed by atoms with Crippen LogP contribution in [0.3, 0.4) is 0 Å². The van der Waals surface area contributed by atoms with Gasteiger partial charge < -0.3 is 4.42 Å². The highest BCUT2D eigenvalue weighted by molar-refractivity contribution is 5.21. The van der Waals surface area contributed by atoms with Gasteiger partial charge in [-0.3, -0.25) is 5.84 Å². The van der Waals surface area contributed by atoms with Gasteiger partial charge in [0.2, 0.25) is 0 Å². The van der Waals surface area contributed by atoms with Crippen LogP contribution in [-0.4, -0.2) is 10.2 Å². The minimum Gasteiger partial charge on any atom is -0.467 e. The summed E-state index contributed by atoms with van der Waals surface area (Å²) in [4.78, 5) is 0. The van der Waals surface area contributed by atoms with E-state index in [0.717, 1.165) is 11.3 Å². The van der Waals surface area contributed by atoms with Gasteiger partial charge in [0.1, 0.15) is 11.8 Å². The summed E-state index contributed by atoms with van der Waals surface area (Å²) < 4.78 is 5.25. The van der Waals surface area contributed by atoms with Gasteiger partial charge in [0.25, 0.3) is 0 Å². The highest BCUT2D eigenvalue weighted by Crippen LogP contribution is 2.19. The summed E-state index contributed by atoms with van der Waals surface area (Å²) in [5.41, 5.74) is 3.57. The molecule has 0 spiro atoms. The Labute approximate surface area is 80.9 Å². The number of rotatable bonds is 3. The number of aromatic nitrogens is 2. The fraction of sp³-hybridized carbons (Fsp3) is 0.111. The summed E-state index contributed by atoms with van der Waals surface area (Å²) in [6.07, 6.45) is 4.87. The molecule has 2 aromatic rings. The summed E-state index contributed by atoms with van der Waals surface area (Å²) in [7, 11) is 0. The zero-order valence-corrected chi connectivity index (χ0v) is 7.42. The van der Waals surface area contributed by atoms with Crippen LogP contribution in [0.15, 0.2) is 41.3 Å². The van der Waals surface area contributed by atoms with E-state index in [2.05, 4.69) is 15.6 Å². The van der Waals surface area contributed by atoms with Gasteiger partial charge in [-0.2, -0.15) is 10.2 Å². The molecule has 0 radical (unpaired) electrons. The molecular weight excluding hydrogens is 180 g/mol. The molecule has 2 aromatic heterocycles. The SMILES string of the molecule is NNC(c1ccnnc1)c1ccco1. The first-order valence-electron chi connectivity index (χ1n) is 4.18. The zero-order chi connectivity index (χ0) is 9.80. The maximum absolute atomic E-state index is 5.44. The third-order valence-corrected chi connectivity index (χ3v) is 1.93. The molecule has 0 aliphatic carbocycles. The minimum atomic E-state index is -0.180. The Morgan fingerprint density at radius 2 is 2.29 bits per heavy atom. The van der Waals surface area contributed by atoms with Crippen molar-refractivity contribution in [2.75, 3.05) is 0 Å². The van der Waals surface area contributed by atoms with E-state index in [1.165, 1.54) is 0 Å². The van der Waals surface area contributed by atoms with E-state index in [-0.39, 0.29) is 6.04 Å². The fourth-order valence-corrected chi connectivity index (χ4v) is 1.27. The zero-order valence-electron chi connectivity index (χ0n) is 7.42. The van der Waals surface area contributed by atoms with Crippen molar-refractivity contribution in [2.45, 2.75) is 6.04 Å². The summed E-state index contributed by atoms with van der Waals surface area (Å²) in [5, 5.41) is 7.47. The minimum absolute atomic E-state index is 0.180. The van der Waals surface area contributed by atoms with E-state index in [9.17, 15) is 0 Å². The van der Waals surface area contributed by atoms with Crippen LogP contribution in [0.2, 0.25) is 0 Å². The Morgan fingerprint density at radius 1 is 1.36 bits per heavy atom. The van der Waals surface area contributed by atoms with Crippen LogP contribution >= 0.6 is 0 Å². The van der Waals surface area contributed by atoms with E-state index in [1.807, 2.05) is 18.2 Å². The van der Waals surface area contributed by atoms with E-state index in [1.54, 1.807) is 18.7 Å². The van der Waals surface area contributed by atoms with Gasteiger partial charge >= 0.3 is 0 Å². The quantitative estimate of drug-likeness (QED) is 0.548. The highest BCUT2D eigenvalue weighted by atomic mass is 16.3. The molecule has 2 rings (SSSR count). The second-order valence-electron chi connectivity index (χ2n) is 2.79. The highest BCUT2D eigenvalue weighted by Gasteiger charge is 2.14. The van der Waals surface area contributed by atoms with Crippen molar-refractivity contribution in [3.8, 4) is 0 Å². The first-order valence-corrected chi connectivity index (χ1v) is 4.18. The molecule has 1 atom stereocenters. The molecule has 0 aliphatic rings. The third kappa shape index (κ3) is 1.63. The van der Waals surface area contributed by atoms with Crippen LogP contribution in [0, 0.1) is 0 Å². The summed E-state index contributed by atoms with van der Waals surface area (Å²) in [6, 6.07) is 5.32. The van der Waals surface area contributed by atoms with Crippen LogP contribution in [0.25, 0.3) is 0 Å². The maximum atomic E-state index is 5.44. The third-order valence-electron chi connectivity index (χ3n) is 1.93. The van der Waals surface area contributed by atoms with Gasteiger partial charge in [-0.15, -0.1) is 0 Å². The second kappa shape index (κ2) is 3.99. The van der Waals surface area contributed by atoms with Crippen LogP contribution in [-0.2, 0) is 0 Å². The molecule has 0 aliphatic heterocycles. The maximum Gasteiger partial charge on any atom is 0.126 e. The molecule has 0 saturated carbocycles. The van der Waals surface area contributed by atoms with E-state index in [4.69, 9.17) is 10.3 Å². The van der Waals surface area contributed by atoms with Crippen LogP contribution in [0.1, 0.15) is 17.4 Å². The molecule has 5 nitrogen and oxygen atoms in total. The monoisotopic (exact) mass is 190 g/mol. The molecule has 0 bridgehead atoms. The van der Waals surface area contributed by atoms with Gasteiger partial charge in [0, 0.05) is 6.20 Å². The number of nitrogens with zero attached hydrogens (tertiary/aromatic N) is 2. The van der Waals surface area contributed by atoms with Crippen molar-refractivity contribution in [3.63, 3.8) is 0 Å². The average Bonchev–Trinajstić information content (AvgIpc) is 2.74. The molecule has 0 saturated heterocycles. The van der Waals surface area contributed by atoms with Gasteiger partial charge in [0.15, 0.2) is 0 Å². The molecule has 14 heavy (non-hydrogen) atoms. The Bertz CT molecular complexity index is 373. The Morgan fingerprint density at radius 3 is 2.86 bits per heavy atom. The van der Waals surface area contributed by atoms with Gasteiger partial charge in [0.05, 0.1) is 12.5 Å². The summed E-state index contributed by atoms with van der Waals surface area (Å²) in [5.74, 6) is 6.19. The number of furan rings is 1. The van der Waals surface area contributed by atoms with Crippen molar-refractivity contribution < 1.29 is 4.42 Å². The largest absolute Gasteiger partial charge is 0.467 e. The number of nitrogens with one attached hydrogen (secondary N) is 1. The lowest BCUT2D eigenvalue weighted by Gasteiger charge is -2.12. The van der Waals surface area contributed by atoms with Crippen molar-refractivity contribution in [1.29, 1.82) is 0 Å². The summed E-state index contributed by atoms with van der Waals surface area (Å²) in [6.45, 7) is 0. The lowest BCUT2D eigenvalue weighted by atomic mass is 10.1. The van der Waals surface area contributed by atoms with Crippen LogP contribution in [0.5, 0.6) is 0 Å². The molecule has 0 fully saturated rings. The van der Waals surface area contributed by atoms with E-state index in [0.29, 0.717) is 0 Å². The molecule has 2 heterocycles. The normalized spacial score (nSPS) is 12.6. The predicted molar refractivity (Wildman–Crippen MR) is 49.9 cm³/mol. The average molecular weight is 190 g/mol.